The van der Waals surface area contributed by atoms with E-state index in [0.717, 1.165) is 18.4 Å². The fourth-order valence-corrected chi connectivity index (χ4v) is 2.03. The number of hydrogen-bond donors (Lipinski definition) is 1. The number of ether oxygens (including phenoxy) is 1. The number of alkyl halides is 3. The van der Waals surface area contributed by atoms with Crippen LogP contribution in [0.2, 0.25) is 0 Å². The SMILES string of the molecule is CCC(CC)C(=O)NCc1ccc(COCC(F)(F)F)cc1. The lowest BCUT2D eigenvalue weighted by Gasteiger charge is -2.13. The number of amides is 1. The van der Waals surface area contributed by atoms with Crippen LogP contribution in [-0.4, -0.2) is 18.7 Å². The Morgan fingerprint density at radius 3 is 2.18 bits per heavy atom. The molecule has 0 heterocycles. The molecule has 3 nitrogen and oxygen atoms in total. The molecule has 0 unspecified atom stereocenters. The third-order valence-electron chi connectivity index (χ3n) is 3.38. The summed E-state index contributed by atoms with van der Waals surface area (Å²) >= 11 is 0. The van der Waals surface area contributed by atoms with Crippen molar-refractivity contribution in [1.29, 1.82) is 0 Å². The summed E-state index contributed by atoms with van der Waals surface area (Å²) in [5, 5.41) is 2.86. The van der Waals surface area contributed by atoms with Crippen LogP contribution in [0, 0.1) is 5.92 Å². The topological polar surface area (TPSA) is 38.3 Å². The quantitative estimate of drug-likeness (QED) is 0.791. The molecular weight excluding hydrogens is 295 g/mol. The van der Waals surface area contributed by atoms with Gasteiger partial charge in [0.05, 0.1) is 6.61 Å². The standard InChI is InChI=1S/C16H22F3NO2/c1-3-14(4-2)15(21)20-9-12-5-7-13(8-6-12)10-22-11-16(17,18)19/h5-8,14H,3-4,9-11H2,1-2H3,(H,20,21). The number of rotatable bonds is 8. The zero-order valence-electron chi connectivity index (χ0n) is 12.9. The maximum atomic E-state index is 12.0. The largest absolute Gasteiger partial charge is 0.411 e. The summed E-state index contributed by atoms with van der Waals surface area (Å²) in [5.41, 5.74) is 1.57. The van der Waals surface area contributed by atoms with Gasteiger partial charge in [-0.05, 0) is 24.0 Å². The van der Waals surface area contributed by atoms with Crippen LogP contribution in [0.25, 0.3) is 0 Å². The zero-order chi connectivity index (χ0) is 16.6. The second-order valence-corrected chi connectivity index (χ2v) is 5.16. The molecule has 0 atom stereocenters. The van der Waals surface area contributed by atoms with E-state index in [1.807, 2.05) is 13.8 Å². The lowest BCUT2D eigenvalue weighted by molar-refractivity contribution is -0.176. The van der Waals surface area contributed by atoms with Crippen molar-refractivity contribution in [3.63, 3.8) is 0 Å². The van der Waals surface area contributed by atoms with Gasteiger partial charge in [0.25, 0.3) is 0 Å². The molecule has 0 spiro atoms. The first-order valence-electron chi connectivity index (χ1n) is 7.35. The average Bonchev–Trinajstić information content (AvgIpc) is 2.46. The van der Waals surface area contributed by atoms with E-state index in [4.69, 9.17) is 0 Å². The summed E-state index contributed by atoms with van der Waals surface area (Å²) in [6, 6.07) is 6.96. The smallest absolute Gasteiger partial charge is 0.367 e. The van der Waals surface area contributed by atoms with Gasteiger partial charge < -0.3 is 10.1 Å². The van der Waals surface area contributed by atoms with Gasteiger partial charge in [0.1, 0.15) is 6.61 Å². The van der Waals surface area contributed by atoms with E-state index < -0.39 is 12.8 Å². The molecule has 1 aromatic carbocycles. The molecule has 124 valence electrons. The molecule has 0 aromatic heterocycles. The molecule has 0 aliphatic heterocycles. The van der Waals surface area contributed by atoms with Crippen molar-refractivity contribution in [2.24, 2.45) is 5.92 Å². The molecule has 22 heavy (non-hydrogen) atoms. The molecule has 0 bridgehead atoms. The number of carbonyl (C=O) groups is 1. The van der Waals surface area contributed by atoms with Crippen LogP contribution >= 0.6 is 0 Å². The normalized spacial score (nSPS) is 11.7. The van der Waals surface area contributed by atoms with Crippen LogP contribution in [-0.2, 0) is 22.7 Å². The van der Waals surface area contributed by atoms with Crippen LogP contribution in [0.5, 0.6) is 0 Å². The predicted octanol–water partition coefficient (Wildman–Crippen LogP) is 3.82. The minimum atomic E-state index is -4.31. The highest BCUT2D eigenvalue weighted by Crippen LogP contribution is 2.16. The van der Waals surface area contributed by atoms with Gasteiger partial charge in [-0.15, -0.1) is 0 Å². The molecule has 1 rings (SSSR count). The summed E-state index contributed by atoms with van der Waals surface area (Å²) in [4.78, 5) is 11.8. The first-order chi connectivity index (χ1) is 10.4. The Labute approximate surface area is 128 Å². The summed E-state index contributed by atoms with van der Waals surface area (Å²) in [6.07, 6.45) is -2.70. The van der Waals surface area contributed by atoms with E-state index in [2.05, 4.69) is 10.1 Å². The Balaban J connectivity index is 2.40. The number of halogens is 3. The second kappa shape index (κ2) is 8.78. The second-order valence-electron chi connectivity index (χ2n) is 5.16. The van der Waals surface area contributed by atoms with Gasteiger partial charge in [0.2, 0.25) is 5.91 Å². The molecule has 0 aliphatic carbocycles. The first kappa shape index (κ1) is 18.5. The number of nitrogens with one attached hydrogen (secondary N) is 1. The highest BCUT2D eigenvalue weighted by molar-refractivity contribution is 5.78. The molecule has 0 saturated carbocycles. The Morgan fingerprint density at radius 1 is 1.14 bits per heavy atom. The van der Waals surface area contributed by atoms with E-state index in [1.54, 1.807) is 24.3 Å². The molecule has 0 aliphatic rings. The third-order valence-corrected chi connectivity index (χ3v) is 3.38. The summed E-state index contributed by atoms with van der Waals surface area (Å²) in [7, 11) is 0. The van der Waals surface area contributed by atoms with Gasteiger partial charge in [0, 0.05) is 12.5 Å². The highest BCUT2D eigenvalue weighted by atomic mass is 19.4. The summed E-state index contributed by atoms with van der Waals surface area (Å²) in [6.45, 7) is 3.03. The lowest BCUT2D eigenvalue weighted by atomic mass is 10.0. The Kier molecular flexibility index (Phi) is 7.38. The van der Waals surface area contributed by atoms with E-state index in [1.165, 1.54) is 0 Å². The Bertz CT molecular complexity index is 453. The molecule has 0 saturated heterocycles. The van der Waals surface area contributed by atoms with Gasteiger partial charge in [0.15, 0.2) is 0 Å². The molecule has 1 aromatic rings. The van der Waals surface area contributed by atoms with Gasteiger partial charge in [-0.1, -0.05) is 38.1 Å². The van der Waals surface area contributed by atoms with Gasteiger partial charge in [-0.3, -0.25) is 4.79 Å². The van der Waals surface area contributed by atoms with E-state index in [-0.39, 0.29) is 18.4 Å². The van der Waals surface area contributed by atoms with Crippen molar-refractivity contribution in [2.45, 2.75) is 46.0 Å². The molecule has 1 amide bonds. The lowest BCUT2D eigenvalue weighted by Crippen LogP contribution is -2.29. The molecule has 0 radical (unpaired) electrons. The zero-order valence-corrected chi connectivity index (χ0v) is 12.9. The minimum absolute atomic E-state index is 0.0232. The Hall–Kier alpha value is -1.56. The summed E-state index contributed by atoms with van der Waals surface area (Å²) < 4.78 is 40.5. The van der Waals surface area contributed by atoms with E-state index >= 15 is 0 Å². The maximum absolute atomic E-state index is 12.0. The van der Waals surface area contributed by atoms with Crippen molar-refractivity contribution in [2.75, 3.05) is 6.61 Å². The minimum Gasteiger partial charge on any atom is -0.367 e. The van der Waals surface area contributed by atoms with Crippen molar-refractivity contribution in [3.8, 4) is 0 Å². The van der Waals surface area contributed by atoms with E-state index in [0.29, 0.717) is 12.1 Å². The van der Waals surface area contributed by atoms with Crippen molar-refractivity contribution >= 4 is 5.91 Å². The number of hydrogen-bond acceptors (Lipinski definition) is 2. The predicted molar refractivity (Wildman–Crippen MR) is 78.1 cm³/mol. The number of carbonyl (C=O) groups excluding carboxylic acids is 1. The monoisotopic (exact) mass is 317 g/mol. The van der Waals surface area contributed by atoms with Gasteiger partial charge in [-0.25, -0.2) is 0 Å². The fraction of sp³-hybridized carbons (Fsp3) is 0.562. The van der Waals surface area contributed by atoms with Crippen LogP contribution in [0.3, 0.4) is 0 Å². The fourth-order valence-electron chi connectivity index (χ4n) is 2.03. The molecule has 0 fully saturated rings. The summed E-state index contributed by atoms with van der Waals surface area (Å²) in [5.74, 6) is 0.0534. The molecular formula is C16H22F3NO2. The van der Waals surface area contributed by atoms with Crippen LogP contribution in [0.15, 0.2) is 24.3 Å². The van der Waals surface area contributed by atoms with E-state index in [9.17, 15) is 18.0 Å². The van der Waals surface area contributed by atoms with Crippen molar-refractivity contribution in [3.05, 3.63) is 35.4 Å². The molecule has 1 N–H and O–H groups in total. The molecule has 6 heteroatoms. The average molecular weight is 317 g/mol. The van der Waals surface area contributed by atoms with Crippen LogP contribution in [0.1, 0.15) is 37.8 Å². The number of benzene rings is 1. The van der Waals surface area contributed by atoms with Crippen molar-refractivity contribution in [1.82, 2.24) is 5.32 Å². The van der Waals surface area contributed by atoms with Gasteiger partial charge >= 0.3 is 6.18 Å². The van der Waals surface area contributed by atoms with Crippen LogP contribution in [0.4, 0.5) is 13.2 Å². The van der Waals surface area contributed by atoms with Crippen molar-refractivity contribution < 1.29 is 22.7 Å². The van der Waals surface area contributed by atoms with Crippen LogP contribution < -0.4 is 5.32 Å². The van der Waals surface area contributed by atoms with Gasteiger partial charge in [-0.2, -0.15) is 13.2 Å². The maximum Gasteiger partial charge on any atom is 0.411 e. The highest BCUT2D eigenvalue weighted by Gasteiger charge is 2.27. The third kappa shape index (κ3) is 6.93. The first-order valence-corrected chi connectivity index (χ1v) is 7.35. The Morgan fingerprint density at radius 2 is 1.68 bits per heavy atom.